The maximum atomic E-state index is 8.69. The molecule has 2 aromatic carbocycles. The summed E-state index contributed by atoms with van der Waals surface area (Å²) in [7, 11) is 0. The van der Waals surface area contributed by atoms with Crippen molar-refractivity contribution in [1.29, 1.82) is 5.26 Å². The van der Waals surface area contributed by atoms with Crippen LogP contribution in [-0.2, 0) is 0 Å². The molecule has 2 rings (SSSR count). The molecule has 3 nitrogen and oxygen atoms in total. The lowest BCUT2D eigenvalue weighted by atomic mass is 10.2. The van der Waals surface area contributed by atoms with Crippen molar-refractivity contribution in [2.75, 3.05) is 18.0 Å². The number of halogens is 1. The van der Waals surface area contributed by atoms with Crippen molar-refractivity contribution in [3.63, 3.8) is 0 Å². The van der Waals surface area contributed by atoms with Gasteiger partial charge >= 0.3 is 0 Å². The number of hydrogen-bond acceptors (Lipinski definition) is 3. The molecule has 0 spiro atoms. The second kappa shape index (κ2) is 8.21. The van der Waals surface area contributed by atoms with E-state index >= 15 is 0 Å². The van der Waals surface area contributed by atoms with Crippen LogP contribution < -0.4 is 4.90 Å². The molecule has 0 fully saturated rings. The molecule has 0 saturated carbocycles. The standard InChI is InChI=1S/C18H18ClN3/c1-2-22(13-3-12-20)18-10-8-17(9-11-18)21-14-15-4-6-16(19)7-5-15/h4-11,14H,2-3,13H2,1H3. The van der Waals surface area contributed by atoms with Gasteiger partial charge in [-0.2, -0.15) is 5.26 Å². The van der Waals surface area contributed by atoms with E-state index in [1.807, 2.05) is 54.7 Å². The van der Waals surface area contributed by atoms with Gasteiger partial charge in [0.15, 0.2) is 0 Å². The molecule has 2 aromatic rings. The maximum absolute atomic E-state index is 8.69. The minimum absolute atomic E-state index is 0.532. The van der Waals surface area contributed by atoms with Gasteiger partial charge in [-0.25, -0.2) is 0 Å². The highest BCUT2D eigenvalue weighted by atomic mass is 35.5. The highest BCUT2D eigenvalue weighted by Crippen LogP contribution is 2.20. The molecule has 22 heavy (non-hydrogen) atoms. The molecule has 0 bridgehead atoms. The number of anilines is 1. The van der Waals surface area contributed by atoms with E-state index in [0.717, 1.165) is 35.1 Å². The Kier molecular flexibility index (Phi) is 6.00. The zero-order valence-electron chi connectivity index (χ0n) is 12.5. The van der Waals surface area contributed by atoms with Crippen molar-refractivity contribution >= 4 is 29.2 Å². The molecule has 0 N–H and O–H groups in total. The molecule has 0 amide bonds. The Morgan fingerprint density at radius 1 is 1.14 bits per heavy atom. The van der Waals surface area contributed by atoms with Gasteiger partial charge in [0.25, 0.3) is 0 Å². The van der Waals surface area contributed by atoms with Crippen molar-refractivity contribution in [2.45, 2.75) is 13.3 Å². The number of benzene rings is 2. The molecule has 0 unspecified atom stereocenters. The number of aliphatic imine (C=N–C) groups is 1. The molecule has 0 aliphatic rings. The first-order valence-corrected chi connectivity index (χ1v) is 7.62. The van der Waals surface area contributed by atoms with Crippen LogP contribution in [-0.4, -0.2) is 19.3 Å². The van der Waals surface area contributed by atoms with Gasteiger partial charge in [-0.1, -0.05) is 23.7 Å². The Balaban J connectivity index is 2.05. The van der Waals surface area contributed by atoms with E-state index in [-0.39, 0.29) is 0 Å². The Labute approximate surface area is 136 Å². The fraction of sp³-hybridized carbons (Fsp3) is 0.222. The Hall–Kier alpha value is -2.31. The van der Waals surface area contributed by atoms with Crippen LogP contribution in [0.2, 0.25) is 5.02 Å². The topological polar surface area (TPSA) is 39.4 Å². The Bertz CT molecular complexity index is 654. The molecule has 112 valence electrons. The van der Waals surface area contributed by atoms with Gasteiger partial charge in [-0.3, -0.25) is 4.99 Å². The second-order valence-corrected chi connectivity index (χ2v) is 5.25. The second-order valence-electron chi connectivity index (χ2n) is 4.81. The molecule has 4 heteroatoms. The third-order valence-electron chi connectivity index (χ3n) is 3.32. The first-order valence-electron chi connectivity index (χ1n) is 7.24. The third-order valence-corrected chi connectivity index (χ3v) is 3.57. The van der Waals surface area contributed by atoms with Crippen molar-refractivity contribution in [2.24, 2.45) is 4.99 Å². The summed E-state index contributed by atoms with van der Waals surface area (Å²) in [6.45, 7) is 3.72. The highest BCUT2D eigenvalue weighted by Gasteiger charge is 2.03. The smallest absolute Gasteiger partial charge is 0.0640 e. The predicted octanol–water partition coefficient (Wildman–Crippen LogP) is 4.83. The van der Waals surface area contributed by atoms with Gasteiger partial charge in [0.05, 0.1) is 18.2 Å². The van der Waals surface area contributed by atoms with Gasteiger partial charge in [0.1, 0.15) is 0 Å². The van der Waals surface area contributed by atoms with E-state index in [9.17, 15) is 0 Å². The lowest BCUT2D eigenvalue weighted by molar-refractivity contribution is 0.827. The molecule has 0 radical (unpaired) electrons. The van der Waals surface area contributed by atoms with Crippen LogP contribution >= 0.6 is 11.6 Å². The van der Waals surface area contributed by atoms with Gasteiger partial charge < -0.3 is 4.90 Å². The van der Waals surface area contributed by atoms with E-state index in [1.165, 1.54) is 0 Å². The summed E-state index contributed by atoms with van der Waals surface area (Å²) < 4.78 is 0. The first-order chi connectivity index (χ1) is 10.7. The number of nitrogens with zero attached hydrogens (tertiary/aromatic N) is 3. The summed E-state index contributed by atoms with van der Waals surface area (Å²) in [5, 5.41) is 9.41. The van der Waals surface area contributed by atoms with Crippen molar-refractivity contribution in [3.05, 3.63) is 59.1 Å². The summed E-state index contributed by atoms with van der Waals surface area (Å²) in [6, 6.07) is 17.8. The van der Waals surface area contributed by atoms with Crippen molar-refractivity contribution in [3.8, 4) is 6.07 Å². The van der Waals surface area contributed by atoms with Crippen LogP contribution in [0, 0.1) is 11.3 Å². The van der Waals surface area contributed by atoms with E-state index in [2.05, 4.69) is 22.9 Å². The molecule has 0 heterocycles. The summed E-state index contributed by atoms with van der Waals surface area (Å²) in [5.41, 5.74) is 3.02. The Morgan fingerprint density at radius 3 is 2.41 bits per heavy atom. The van der Waals surface area contributed by atoms with Crippen molar-refractivity contribution < 1.29 is 0 Å². The van der Waals surface area contributed by atoms with E-state index in [4.69, 9.17) is 16.9 Å². The molecular formula is C18H18ClN3. The van der Waals surface area contributed by atoms with Gasteiger partial charge in [0.2, 0.25) is 0 Å². The van der Waals surface area contributed by atoms with Crippen LogP contribution in [0.5, 0.6) is 0 Å². The van der Waals surface area contributed by atoms with Gasteiger partial charge in [-0.05, 0) is 48.9 Å². The quantitative estimate of drug-likeness (QED) is 0.717. The minimum atomic E-state index is 0.532. The van der Waals surface area contributed by atoms with E-state index in [0.29, 0.717) is 6.42 Å². The third kappa shape index (κ3) is 4.61. The van der Waals surface area contributed by atoms with Crippen molar-refractivity contribution in [1.82, 2.24) is 0 Å². The lowest BCUT2D eigenvalue weighted by Gasteiger charge is -2.21. The number of hydrogen-bond donors (Lipinski definition) is 0. The Morgan fingerprint density at radius 2 is 1.82 bits per heavy atom. The summed E-state index contributed by atoms with van der Waals surface area (Å²) >= 11 is 5.86. The van der Waals surface area contributed by atoms with Crippen LogP contribution in [0.3, 0.4) is 0 Å². The average molecular weight is 312 g/mol. The molecule has 0 aromatic heterocycles. The highest BCUT2D eigenvalue weighted by molar-refractivity contribution is 6.30. The average Bonchev–Trinajstić information content (AvgIpc) is 2.56. The van der Waals surface area contributed by atoms with Crippen LogP contribution in [0.1, 0.15) is 18.9 Å². The molecular weight excluding hydrogens is 294 g/mol. The zero-order valence-corrected chi connectivity index (χ0v) is 13.3. The summed E-state index contributed by atoms with van der Waals surface area (Å²) in [4.78, 5) is 6.63. The number of nitriles is 1. The zero-order chi connectivity index (χ0) is 15.8. The van der Waals surface area contributed by atoms with Gasteiger partial charge in [-0.15, -0.1) is 0 Å². The SMILES string of the molecule is CCN(CCC#N)c1ccc(N=Cc2ccc(Cl)cc2)cc1. The monoisotopic (exact) mass is 311 g/mol. The molecule has 0 saturated heterocycles. The fourth-order valence-corrected chi connectivity index (χ4v) is 2.23. The van der Waals surface area contributed by atoms with Crippen LogP contribution in [0.4, 0.5) is 11.4 Å². The molecule has 0 atom stereocenters. The predicted molar refractivity (Wildman–Crippen MR) is 93.3 cm³/mol. The fourth-order valence-electron chi connectivity index (χ4n) is 2.10. The van der Waals surface area contributed by atoms with E-state index in [1.54, 1.807) is 0 Å². The molecule has 0 aliphatic heterocycles. The first kappa shape index (κ1) is 16.1. The van der Waals surface area contributed by atoms with Crippen LogP contribution in [0.25, 0.3) is 0 Å². The summed E-state index contributed by atoms with van der Waals surface area (Å²) in [5.74, 6) is 0. The largest absolute Gasteiger partial charge is 0.371 e. The molecule has 0 aliphatic carbocycles. The number of rotatable bonds is 6. The summed E-state index contributed by atoms with van der Waals surface area (Å²) in [6.07, 6.45) is 2.35. The van der Waals surface area contributed by atoms with Gasteiger partial charge in [0, 0.05) is 30.0 Å². The maximum Gasteiger partial charge on any atom is 0.0640 e. The normalized spacial score (nSPS) is 10.6. The van der Waals surface area contributed by atoms with E-state index < -0.39 is 0 Å². The minimum Gasteiger partial charge on any atom is -0.371 e. The van der Waals surface area contributed by atoms with Crippen LogP contribution in [0.15, 0.2) is 53.5 Å². The lowest BCUT2D eigenvalue weighted by Crippen LogP contribution is -2.23.